The predicted octanol–water partition coefficient (Wildman–Crippen LogP) is 2.67. The quantitative estimate of drug-likeness (QED) is 0.843. The molecule has 0 fully saturated rings. The number of benzene rings is 2. The highest BCUT2D eigenvalue weighted by Crippen LogP contribution is 2.29. The highest BCUT2D eigenvalue weighted by molar-refractivity contribution is 5.83. The van der Waals surface area contributed by atoms with Gasteiger partial charge in [-0.2, -0.15) is 0 Å². The first-order valence-electron chi connectivity index (χ1n) is 5.87. The van der Waals surface area contributed by atoms with E-state index in [-0.39, 0.29) is 0 Å². The van der Waals surface area contributed by atoms with Crippen molar-refractivity contribution < 1.29 is 14.6 Å². The minimum Gasteiger partial charge on any atom is -0.380 e. The molecule has 0 aliphatic heterocycles. The molecule has 1 unspecified atom stereocenters. The summed E-state index contributed by atoms with van der Waals surface area (Å²) < 4.78 is 10.3. The molecule has 2 aromatic carbocycles. The van der Waals surface area contributed by atoms with Crippen molar-refractivity contribution in [2.75, 3.05) is 14.2 Å². The molecule has 0 heterocycles. The summed E-state index contributed by atoms with van der Waals surface area (Å²) in [6.45, 7) is 1.69. The van der Waals surface area contributed by atoms with Crippen LogP contribution in [0.4, 0.5) is 0 Å². The Morgan fingerprint density at radius 2 is 1.61 bits per heavy atom. The second kappa shape index (κ2) is 5.06. The van der Waals surface area contributed by atoms with Crippen molar-refractivity contribution in [1.29, 1.82) is 0 Å². The molecule has 0 bridgehead atoms. The van der Waals surface area contributed by atoms with E-state index in [0.29, 0.717) is 0 Å². The van der Waals surface area contributed by atoms with Crippen LogP contribution < -0.4 is 0 Å². The zero-order chi connectivity index (χ0) is 13.2. The standard InChI is InChI=1S/C15H18O3/c1-15(16,14(17-2)18-3)13-9-8-11-6-4-5-7-12(11)10-13/h4-10,14,16H,1-3H3. The van der Waals surface area contributed by atoms with E-state index in [2.05, 4.69) is 0 Å². The smallest absolute Gasteiger partial charge is 0.189 e. The Hall–Kier alpha value is -1.42. The number of ether oxygens (including phenoxy) is 2. The Morgan fingerprint density at radius 3 is 2.22 bits per heavy atom. The summed E-state index contributed by atoms with van der Waals surface area (Å²) >= 11 is 0. The molecule has 3 heteroatoms. The van der Waals surface area contributed by atoms with Crippen molar-refractivity contribution in [3.63, 3.8) is 0 Å². The minimum absolute atomic E-state index is 0.696. The lowest BCUT2D eigenvalue weighted by Gasteiger charge is -2.31. The van der Waals surface area contributed by atoms with Crippen LogP contribution >= 0.6 is 0 Å². The van der Waals surface area contributed by atoms with Crippen molar-refractivity contribution in [3.8, 4) is 0 Å². The third-order valence-electron chi connectivity index (χ3n) is 3.22. The number of aliphatic hydroxyl groups is 1. The molecule has 0 amide bonds. The van der Waals surface area contributed by atoms with Gasteiger partial charge in [0, 0.05) is 14.2 Å². The normalized spacial score (nSPS) is 14.9. The van der Waals surface area contributed by atoms with Gasteiger partial charge in [0.25, 0.3) is 0 Å². The molecule has 18 heavy (non-hydrogen) atoms. The number of hydrogen-bond acceptors (Lipinski definition) is 3. The Labute approximate surface area is 107 Å². The Morgan fingerprint density at radius 1 is 1.00 bits per heavy atom. The zero-order valence-corrected chi connectivity index (χ0v) is 10.9. The molecule has 1 atom stereocenters. The van der Waals surface area contributed by atoms with Crippen molar-refractivity contribution in [2.45, 2.75) is 18.8 Å². The van der Waals surface area contributed by atoms with E-state index in [1.807, 2.05) is 42.5 Å². The molecular weight excluding hydrogens is 228 g/mol. The zero-order valence-electron chi connectivity index (χ0n) is 10.9. The maximum Gasteiger partial charge on any atom is 0.189 e. The summed E-state index contributed by atoms with van der Waals surface area (Å²) in [5.74, 6) is 0. The highest BCUT2D eigenvalue weighted by atomic mass is 16.7. The molecule has 0 spiro atoms. The van der Waals surface area contributed by atoms with Gasteiger partial charge >= 0.3 is 0 Å². The average molecular weight is 246 g/mol. The van der Waals surface area contributed by atoms with Crippen LogP contribution in [0.15, 0.2) is 42.5 Å². The van der Waals surface area contributed by atoms with Gasteiger partial charge < -0.3 is 14.6 Å². The summed E-state index contributed by atoms with van der Waals surface area (Å²) in [4.78, 5) is 0. The number of hydrogen-bond donors (Lipinski definition) is 1. The highest BCUT2D eigenvalue weighted by Gasteiger charge is 2.34. The predicted molar refractivity (Wildman–Crippen MR) is 71.3 cm³/mol. The molecule has 0 aliphatic carbocycles. The van der Waals surface area contributed by atoms with Crippen LogP contribution in [0.3, 0.4) is 0 Å². The van der Waals surface area contributed by atoms with Gasteiger partial charge in [-0.15, -0.1) is 0 Å². The first kappa shape index (κ1) is 13.0. The van der Waals surface area contributed by atoms with Gasteiger partial charge in [0.15, 0.2) is 6.29 Å². The van der Waals surface area contributed by atoms with Crippen LogP contribution in [0.2, 0.25) is 0 Å². The number of fused-ring (bicyclic) bond motifs is 1. The van der Waals surface area contributed by atoms with Crippen LogP contribution in [0, 0.1) is 0 Å². The topological polar surface area (TPSA) is 38.7 Å². The van der Waals surface area contributed by atoms with Crippen molar-refractivity contribution >= 4 is 10.8 Å². The third-order valence-corrected chi connectivity index (χ3v) is 3.22. The van der Waals surface area contributed by atoms with Crippen LogP contribution in [0.5, 0.6) is 0 Å². The largest absolute Gasteiger partial charge is 0.380 e. The van der Waals surface area contributed by atoms with Crippen molar-refractivity contribution in [3.05, 3.63) is 48.0 Å². The van der Waals surface area contributed by atoms with Crippen LogP contribution in [-0.2, 0) is 15.1 Å². The van der Waals surface area contributed by atoms with E-state index in [9.17, 15) is 5.11 Å². The van der Waals surface area contributed by atoms with Gasteiger partial charge in [-0.05, 0) is 29.3 Å². The molecule has 0 aromatic heterocycles. The third kappa shape index (κ3) is 2.25. The van der Waals surface area contributed by atoms with Gasteiger partial charge in [0.1, 0.15) is 5.60 Å². The lowest BCUT2D eigenvalue weighted by molar-refractivity contribution is -0.213. The summed E-state index contributed by atoms with van der Waals surface area (Å²) in [6, 6.07) is 13.9. The Balaban J connectivity index is 2.46. The summed E-state index contributed by atoms with van der Waals surface area (Å²) in [5.41, 5.74) is -0.414. The molecule has 3 nitrogen and oxygen atoms in total. The van der Waals surface area contributed by atoms with Crippen molar-refractivity contribution in [2.24, 2.45) is 0 Å². The fourth-order valence-corrected chi connectivity index (χ4v) is 2.20. The maximum absolute atomic E-state index is 10.6. The van der Waals surface area contributed by atoms with E-state index < -0.39 is 11.9 Å². The van der Waals surface area contributed by atoms with Gasteiger partial charge in [-0.25, -0.2) is 0 Å². The van der Waals surface area contributed by atoms with E-state index in [1.54, 1.807) is 6.92 Å². The molecule has 0 radical (unpaired) electrons. The fraction of sp³-hybridized carbons (Fsp3) is 0.333. The lowest BCUT2D eigenvalue weighted by atomic mass is 9.93. The summed E-state index contributed by atoms with van der Waals surface area (Å²) in [7, 11) is 3.04. The van der Waals surface area contributed by atoms with Gasteiger partial charge in [-0.1, -0.05) is 36.4 Å². The van der Waals surface area contributed by atoms with E-state index in [0.717, 1.165) is 16.3 Å². The molecule has 0 aliphatic rings. The van der Waals surface area contributed by atoms with E-state index in [1.165, 1.54) is 14.2 Å². The second-order valence-corrected chi connectivity index (χ2v) is 4.51. The van der Waals surface area contributed by atoms with Gasteiger partial charge in [0.05, 0.1) is 0 Å². The van der Waals surface area contributed by atoms with E-state index in [4.69, 9.17) is 9.47 Å². The van der Waals surface area contributed by atoms with Gasteiger partial charge in [-0.3, -0.25) is 0 Å². The Bertz CT molecular complexity index is 530. The molecular formula is C15H18O3. The summed E-state index contributed by atoms with van der Waals surface area (Å²) in [6.07, 6.45) is -0.696. The fourth-order valence-electron chi connectivity index (χ4n) is 2.20. The monoisotopic (exact) mass is 246 g/mol. The van der Waals surface area contributed by atoms with Crippen LogP contribution in [0.1, 0.15) is 12.5 Å². The SMILES string of the molecule is COC(OC)C(C)(O)c1ccc2ccccc2c1. The van der Waals surface area contributed by atoms with Crippen LogP contribution in [0.25, 0.3) is 10.8 Å². The molecule has 0 saturated heterocycles. The first-order valence-corrected chi connectivity index (χ1v) is 5.87. The molecule has 2 rings (SSSR count). The summed E-state index contributed by atoms with van der Waals surface area (Å²) in [5, 5.41) is 12.8. The molecule has 96 valence electrons. The second-order valence-electron chi connectivity index (χ2n) is 4.51. The first-order chi connectivity index (χ1) is 8.59. The molecule has 1 N–H and O–H groups in total. The molecule has 0 saturated carbocycles. The van der Waals surface area contributed by atoms with Crippen LogP contribution in [-0.4, -0.2) is 25.6 Å². The number of methoxy groups -OCH3 is 2. The van der Waals surface area contributed by atoms with Crippen molar-refractivity contribution in [1.82, 2.24) is 0 Å². The Kier molecular flexibility index (Phi) is 3.66. The van der Waals surface area contributed by atoms with E-state index >= 15 is 0 Å². The number of rotatable bonds is 4. The lowest BCUT2D eigenvalue weighted by Crippen LogP contribution is -2.39. The van der Waals surface area contributed by atoms with Gasteiger partial charge in [0.2, 0.25) is 0 Å². The molecule has 2 aromatic rings. The minimum atomic E-state index is -1.19. The average Bonchev–Trinajstić information content (AvgIpc) is 2.39. The maximum atomic E-state index is 10.6.